The summed E-state index contributed by atoms with van der Waals surface area (Å²) in [5.74, 6) is 0.368. The lowest BCUT2D eigenvalue weighted by Gasteiger charge is -2.05. The zero-order valence-corrected chi connectivity index (χ0v) is 10.5. The molecular formula is C13H18N2O3. The summed E-state index contributed by atoms with van der Waals surface area (Å²) in [6.45, 7) is 3.47. The topological polar surface area (TPSA) is 71.2 Å². The highest BCUT2D eigenvalue weighted by atomic mass is 16.5. The molecule has 1 fully saturated rings. The summed E-state index contributed by atoms with van der Waals surface area (Å²) < 4.78 is 5.39. The third kappa shape index (κ3) is 3.70. The van der Waals surface area contributed by atoms with E-state index >= 15 is 0 Å². The van der Waals surface area contributed by atoms with Gasteiger partial charge >= 0.3 is 0 Å². The number of aromatic amines is 1. The summed E-state index contributed by atoms with van der Waals surface area (Å²) in [5.41, 5.74) is 0.620. The van der Waals surface area contributed by atoms with Gasteiger partial charge in [0.15, 0.2) is 5.43 Å². The Kier molecular flexibility index (Phi) is 4.15. The first-order chi connectivity index (χ1) is 8.66. The van der Waals surface area contributed by atoms with Crippen molar-refractivity contribution in [1.29, 1.82) is 0 Å². The van der Waals surface area contributed by atoms with Crippen LogP contribution in [0.3, 0.4) is 0 Å². The van der Waals surface area contributed by atoms with E-state index in [1.54, 1.807) is 6.92 Å². The van der Waals surface area contributed by atoms with Gasteiger partial charge in [0.2, 0.25) is 0 Å². The van der Waals surface area contributed by atoms with Crippen LogP contribution < -0.4 is 10.7 Å². The number of carbonyl (C=O) groups excluding carboxylic acids is 1. The van der Waals surface area contributed by atoms with Crippen LogP contribution in [0.1, 0.15) is 28.9 Å². The van der Waals surface area contributed by atoms with E-state index in [9.17, 15) is 9.59 Å². The van der Waals surface area contributed by atoms with Crippen LogP contribution in [-0.2, 0) is 4.74 Å². The zero-order valence-electron chi connectivity index (χ0n) is 10.5. The first kappa shape index (κ1) is 12.8. The molecule has 0 bridgehead atoms. The van der Waals surface area contributed by atoms with Crippen molar-refractivity contribution in [3.63, 3.8) is 0 Å². The molecule has 98 valence electrons. The molecule has 1 aromatic rings. The van der Waals surface area contributed by atoms with Gasteiger partial charge in [0.25, 0.3) is 5.91 Å². The number of H-pyrrole nitrogens is 1. The highest BCUT2D eigenvalue weighted by Gasteiger charge is 2.20. The molecule has 2 rings (SSSR count). The van der Waals surface area contributed by atoms with Crippen molar-refractivity contribution in [3.05, 3.63) is 33.7 Å². The molecule has 1 saturated carbocycles. The fourth-order valence-corrected chi connectivity index (χ4v) is 1.62. The normalized spacial score (nSPS) is 14.5. The minimum Gasteiger partial charge on any atom is -0.379 e. The molecule has 1 aliphatic carbocycles. The summed E-state index contributed by atoms with van der Waals surface area (Å²) in [4.78, 5) is 26.1. The maximum atomic E-state index is 11.7. The van der Waals surface area contributed by atoms with Crippen LogP contribution in [-0.4, -0.2) is 30.6 Å². The molecule has 1 amide bonds. The number of carbonyl (C=O) groups is 1. The molecule has 1 aromatic heterocycles. The standard InChI is InChI=1S/C13H18N2O3/c1-9-6-12(16)11(7-15-9)13(17)14-4-5-18-8-10-2-3-10/h6-7,10H,2-5,8H2,1H3,(H,14,17)(H,15,16). The molecule has 2 N–H and O–H groups in total. The minimum atomic E-state index is -0.355. The van der Waals surface area contributed by atoms with Gasteiger partial charge in [-0.25, -0.2) is 0 Å². The number of rotatable bonds is 6. The first-order valence-electron chi connectivity index (χ1n) is 6.22. The largest absolute Gasteiger partial charge is 0.379 e. The van der Waals surface area contributed by atoms with E-state index < -0.39 is 0 Å². The lowest BCUT2D eigenvalue weighted by Crippen LogP contribution is -2.31. The fourth-order valence-electron chi connectivity index (χ4n) is 1.62. The number of amides is 1. The maximum absolute atomic E-state index is 11.7. The van der Waals surface area contributed by atoms with Crippen LogP contribution in [0.15, 0.2) is 17.1 Å². The van der Waals surface area contributed by atoms with Crippen LogP contribution >= 0.6 is 0 Å². The number of pyridine rings is 1. The van der Waals surface area contributed by atoms with Crippen molar-refractivity contribution in [2.45, 2.75) is 19.8 Å². The second kappa shape index (κ2) is 5.82. The van der Waals surface area contributed by atoms with Crippen molar-refractivity contribution >= 4 is 5.91 Å². The quantitative estimate of drug-likeness (QED) is 0.735. The van der Waals surface area contributed by atoms with Crippen LogP contribution in [0.4, 0.5) is 0 Å². The average Bonchev–Trinajstić information content (AvgIpc) is 3.12. The molecule has 0 atom stereocenters. The lowest BCUT2D eigenvalue weighted by atomic mass is 10.2. The van der Waals surface area contributed by atoms with E-state index in [0.29, 0.717) is 13.2 Å². The fraction of sp³-hybridized carbons (Fsp3) is 0.538. The van der Waals surface area contributed by atoms with Gasteiger partial charge in [0.05, 0.1) is 6.61 Å². The van der Waals surface area contributed by atoms with Gasteiger partial charge in [-0.05, 0) is 25.7 Å². The Morgan fingerprint density at radius 1 is 1.56 bits per heavy atom. The van der Waals surface area contributed by atoms with E-state index in [2.05, 4.69) is 10.3 Å². The Balaban J connectivity index is 1.74. The van der Waals surface area contributed by atoms with E-state index in [1.165, 1.54) is 25.1 Å². The van der Waals surface area contributed by atoms with Gasteiger partial charge in [-0.15, -0.1) is 0 Å². The SMILES string of the molecule is Cc1cc(=O)c(C(=O)NCCOCC2CC2)c[nH]1. The third-order valence-corrected chi connectivity index (χ3v) is 2.88. The van der Waals surface area contributed by atoms with E-state index in [1.807, 2.05) is 0 Å². The summed E-state index contributed by atoms with van der Waals surface area (Å²) in [7, 11) is 0. The molecule has 0 saturated heterocycles. The highest BCUT2D eigenvalue weighted by molar-refractivity contribution is 5.93. The molecule has 1 heterocycles. The Bertz CT molecular complexity index is 477. The molecular weight excluding hydrogens is 232 g/mol. The number of nitrogens with one attached hydrogen (secondary N) is 2. The van der Waals surface area contributed by atoms with Crippen molar-refractivity contribution in [2.75, 3.05) is 19.8 Å². The molecule has 5 nitrogen and oxygen atoms in total. The summed E-state index contributed by atoms with van der Waals surface area (Å²) in [6, 6.07) is 1.42. The lowest BCUT2D eigenvalue weighted by molar-refractivity contribution is 0.0905. The van der Waals surface area contributed by atoms with Crippen molar-refractivity contribution in [3.8, 4) is 0 Å². The van der Waals surface area contributed by atoms with Crippen molar-refractivity contribution < 1.29 is 9.53 Å². The molecule has 18 heavy (non-hydrogen) atoms. The Morgan fingerprint density at radius 3 is 3.00 bits per heavy atom. The van der Waals surface area contributed by atoms with Crippen LogP contribution in [0.5, 0.6) is 0 Å². The van der Waals surface area contributed by atoms with Gasteiger partial charge in [-0.2, -0.15) is 0 Å². The second-order valence-electron chi connectivity index (χ2n) is 4.67. The highest BCUT2D eigenvalue weighted by Crippen LogP contribution is 2.28. The Hall–Kier alpha value is -1.62. The Labute approximate surface area is 106 Å². The van der Waals surface area contributed by atoms with E-state index in [0.717, 1.165) is 18.2 Å². The monoisotopic (exact) mass is 250 g/mol. The molecule has 0 aromatic carbocycles. The van der Waals surface area contributed by atoms with E-state index in [-0.39, 0.29) is 16.9 Å². The predicted molar refractivity (Wildman–Crippen MR) is 67.7 cm³/mol. The second-order valence-corrected chi connectivity index (χ2v) is 4.67. The van der Waals surface area contributed by atoms with E-state index in [4.69, 9.17) is 4.74 Å². The summed E-state index contributed by atoms with van der Waals surface area (Å²) in [5, 5.41) is 2.67. The van der Waals surface area contributed by atoms with Crippen molar-refractivity contribution in [1.82, 2.24) is 10.3 Å². The molecule has 0 radical (unpaired) electrons. The molecule has 1 aliphatic rings. The van der Waals surface area contributed by atoms with Gasteiger partial charge in [0, 0.05) is 31.1 Å². The van der Waals surface area contributed by atoms with Crippen LogP contribution in [0.2, 0.25) is 0 Å². The molecule has 5 heteroatoms. The smallest absolute Gasteiger partial charge is 0.256 e. The number of aromatic nitrogens is 1. The van der Waals surface area contributed by atoms with Crippen LogP contribution in [0.25, 0.3) is 0 Å². The zero-order chi connectivity index (χ0) is 13.0. The predicted octanol–water partition coefficient (Wildman–Crippen LogP) is 0.840. The minimum absolute atomic E-state index is 0.141. The van der Waals surface area contributed by atoms with Gasteiger partial charge in [-0.3, -0.25) is 9.59 Å². The van der Waals surface area contributed by atoms with Gasteiger partial charge in [-0.1, -0.05) is 0 Å². The van der Waals surface area contributed by atoms with Gasteiger partial charge in [0.1, 0.15) is 5.56 Å². The van der Waals surface area contributed by atoms with Crippen molar-refractivity contribution in [2.24, 2.45) is 5.92 Å². The first-order valence-corrected chi connectivity index (χ1v) is 6.22. The molecule has 0 spiro atoms. The number of hydrogen-bond acceptors (Lipinski definition) is 3. The molecule has 0 unspecified atom stereocenters. The Morgan fingerprint density at radius 2 is 2.33 bits per heavy atom. The third-order valence-electron chi connectivity index (χ3n) is 2.88. The summed E-state index contributed by atoms with van der Waals surface area (Å²) >= 11 is 0. The maximum Gasteiger partial charge on any atom is 0.256 e. The van der Waals surface area contributed by atoms with Gasteiger partial charge < -0.3 is 15.0 Å². The molecule has 0 aliphatic heterocycles. The average molecular weight is 250 g/mol. The number of ether oxygens (including phenoxy) is 1. The van der Waals surface area contributed by atoms with Crippen LogP contribution in [0, 0.1) is 12.8 Å². The number of aryl methyl sites for hydroxylation is 1. The summed E-state index contributed by atoms with van der Waals surface area (Å²) in [6.07, 6.45) is 3.95. The number of hydrogen-bond donors (Lipinski definition) is 2.